The molecule has 0 aliphatic carbocycles. The number of aryl methyl sites for hydroxylation is 1. The van der Waals surface area contributed by atoms with Crippen LogP contribution < -0.4 is 5.32 Å². The average Bonchev–Trinajstić information content (AvgIpc) is 3.28. The number of amides is 2. The third-order valence-electron chi connectivity index (χ3n) is 6.02. The molecule has 190 valence electrons. The summed E-state index contributed by atoms with van der Waals surface area (Å²) in [6, 6.07) is 26.6. The molecule has 0 spiro atoms. The number of aromatic nitrogens is 2. The Morgan fingerprint density at radius 3 is 2.24 bits per heavy atom. The molecule has 6 nitrogen and oxygen atoms in total. The SMILES string of the molecule is Cc1ccccc1-n1nc(C(C)(C)C)cc1NC(=O)CN(Cc1ccccc1)C(=O)c1ccc(Br)cc1. The van der Waals surface area contributed by atoms with Crippen molar-refractivity contribution in [2.24, 2.45) is 0 Å². The van der Waals surface area contributed by atoms with Gasteiger partial charge in [-0.05, 0) is 48.4 Å². The van der Waals surface area contributed by atoms with Gasteiger partial charge in [-0.1, -0.05) is 85.2 Å². The normalized spacial score (nSPS) is 11.3. The molecule has 3 aromatic carbocycles. The van der Waals surface area contributed by atoms with Crippen molar-refractivity contribution in [1.29, 1.82) is 0 Å². The van der Waals surface area contributed by atoms with Gasteiger partial charge in [0.15, 0.2) is 0 Å². The lowest BCUT2D eigenvalue weighted by atomic mass is 9.92. The maximum atomic E-state index is 13.4. The van der Waals surface area contributed by atoms with E-state index in [0.29, 0.717) is 17.9 Å². The summed E-state index contributed by atoms with van der Waals surface area (Å²) in [7, 11) is 0. The minimum absolute atomic E-state index is 0.104. The number of halogens is 1. The van der Waals surface area contributed by atoms with Crippen LogP contribution in [0.5, 0.6) is 0 Å². The van der Waals surface area contributed by atoms with Crippen LogP contribution in [-0.4, -0.2) is 33.0 Å². The number of rotatable bonds is 7. The van der Waals surface area contributed by atoms with Gasteiger partial charge in [-0.3, -0.25) is 9.59 Å². The highest BCUT2D eigenvalue weighted by Crippen LogP contribution is 2.27. The summed E-state index contributed by atoms with van der Waals surface area (Å²) in [6.45, 7) is 8.48. The Bertz CT molecular complexity index is 1390. The molecule has 0 saturated carbocycles. The van der Waals surface area contributed by atoms with E-state index in [-0.39, 0.29) is 23.8 Å². The largest absolute Gasteiger partial charge is 0.325 e. The molecular formula is C30H31BrN4O2. The molecule has 4 aromatic rings. The molecular weight excluding hydrogens is 528 g/mol. The molecule has 0 atom stereocenters. The third-order valence-corrected chi connectivity index (χ3v) is 6.55. The van der Waals surface area contributed by atoms with Gasteiger partial charge < -0.3 is 10.2 Å². The summed E-state index contributed by atoms with van der Waals surface area (Å²) in [5.74, 6) is 0.0610. The second kappa shape index (κ2) is 11.1. The van der Waals surface area contributed by atoms with Crippen LogP contribution in [0.3, 0.4) is 0 Å². The molecule has 0 aliphatic heterocycles. The lowest BCUT2D eigenvalue weighted by molar-refractivity contribution is -0.117. The number of anilines is 1. The Hall–Kier alpha value is -3.71. The first-order valence-corrected chi connectivity index (χ1v) is 13.0. The maximum Gasteiger partial charge on any atom is 0.254 e. The van der Waals surface area contributed by atoms with Crippen LogP contribution in [0.2, 0.25) is 0 Å². The number of carbonyl (C=O) groups is 2. The molecule has 4 rings (SSSR count). The van der Waals surface area contributed by atoms with Crippen molar-refractivity contribution in [1.82, 2.24) is 14.7 Å². The summed E-state index contributed by atoms with van der Waals surface area (Å²) >= 11 is 3.41. The summed E-state index contributed by atoms with van der Waals surface area (Å²) in [4.78, 5) is 28.4. The second-order valence-corrected chi connectivity index (χ2v) is 11.0. The quantitative estimate of drug-likeness (QED) is 0.280. The zero-order valence-electron chi connectivity index (χ0n) is 21.5. The Labute approximate surface area is 226 Å². The zero-order valence-corrected chi connectivity index (χ0v) is 23.1. The first-order valence-electron chi connectivity index (χ1n) is 12.2. The van der Waals surface area contributed by atoms with Crippen molar-refractivity contribution in [2.45, 2.75) is 39.7 Å². The van der Waals surface area contributed by atoms with E-state index in [9.17, 15) is 9.59 Å². The average molecular weight is 560 g/mol. The van der Waals surface area contributed by atoms with Crippen molar-refractivity contribution in [2.75, 3.05) is 11.9 Å². The topological polar surface area (TPSA) is 67.2 Å². The van der Waals surface area contributed by atoms with E-state index >= 15 is 0 Å². The van der Waals surface area contributed by atoms with Gasteiger partial charge >= 0.3 is 0 Å². The van der Waals surface area contributed by atoms with E-state index in [4.69, 9.17) is 5.10 Å². The molecule has 0 aliphatic rings. The molecule has 0 saturated heterocycles. The molecule has 1 aromatic heterocycles. The fourth-order valence-electron chi connectivity index (χ4n) is 3.96. The lowest BCUT2D eigenvalue weighted by Crippen LogP contribution is -2.37. The van der Waals surface area contributed by atoms with Crippen molar-refractivity contribution in [3.8, 4) is 5.69 Å². The van der Waals surface area contributed by atoms with Gasteiger partial charge in [-0.2, -0.15) is 5.10 Å². The zero-order chi connectivity index (χ0) is 26.6. The molecule has 37 heavy (non-hydrogen) atoms. The second-order valence-electron chi connectivity index (χ2n) is 10.1. The van der Waals surface area contributed by atoms with Crippen LogP contribution in [0.1, 0.15) is 48.0 Å². The fraction of sp³-hybridized carbons (Fsp3) is 0.233. The summed E-state index contributed by atoms with van der Waals surface area (Å²) < 4.78 is 2.65. The summed E-state index contributed by atoms with van der Waals surface area (Å²) in [5, 5.41) is 7.84. The lowest BCUT2D eigenvalue weighted by Gasteiger charge is -2.23. The summed E-state index contributed by atoms with van der Waals surface area (Å²) in [6.07, 6.45) is 0. The van der Waals surface area contributed by atoms with Crippen molar-refractivity contribution < 1.29 is 9.59 Å². The molecule has 0 radical (unpaired) electrons. The highest BCUT2D eigenvalue weighted by atomic mass is 79.9. The number of nitrogens with zero attached hydrogens (tertiary/aromatic N) is 3. The van der Waals surface area contributed by atoms with Gasteiger partial charge in [-0.15, -0.1) is 0 Å². The van der Waals surface area contributed by atoms with Crippen LogP contribution in [0.4, 0.5) is 5.82 Å². The standard InChI is InChI=1S/C30H31BrN4O2/c1-21-10-8-9-13-25(21)35-27(18-26(33-35)30(2,3)4)32-28(36)20-34(19-22-11-6-5-7-12-22)29(37)23-14-16-24(31)17-15-23/h5-18H,19-20H2,1-4H3,(H,32,36). The smallest absolute Gasteiger partial charge is 0.254 e. The molecule has 7 heteroatoms. The van der Waals surface area contributed by atoms with E-state index in [1.807, 2.05) is 79.7 Å². The molecule has 1 heterocycles. The first kappa shape index (κ1) is 26.4. The molecule has 1 N–H and O–H groups in total. The highest BCUT2D eigenvalue weighted by molar-refractivity contribution is 9.10. The minimum atomic E-state index is -0.295. The Balaban J connectivity index is 1.62. The van der Waals surface area contributed by atoms with E-state index < -0.39 is 0 Å². The number of nitrogens with one attached hydrogen (secondary N) is 1. The van der Waals surface area contributed by atoms with Crippen molar-refractivity contribution >= 4 is 33.6 Å². The molecule has 2 amide bonds. The van der Waals surface area contributed by atoms with Crippen LogP contribution in [-0.2, 0) is 16.8 Å². The van der Waals surface area contributed by atoms with Gasteiger partial charge in [0.2, 0.25) is 5.91 Å². The van der Waals surface area contributed by atoms with Crippen LogP contribution in [0, 0.1) is 6.92 Å². The first-order chi connectivity index (χ1) is 17.6. The van der Waals surface area contributed by atoms with Crippen LogP contribution in [0.25, 0.3) is 5.69 Å². The van der Waals surface area contributed by atoms with Crippen molar-refractivity contribution in [3.63, 3.8) is 0 Å². The highest BCUT2D eigenvalue weighted by Gasteiger charge is 2.24. The van der Waals surface area contributed by atoms with Crippen LogP contribution in [0.15, 0.2) is 89.4 Å². The van der Waals surface area contributed by atoms with E-state index in [0.717, 1.165) is 27.0 Å². The monoisotopic (exact) mass is 558 g/mol. The fourth-order valence-corrected chi connectivity index (χ4v) is 4.22. The third kappa shape index (κ3) is 6.54. The van der Waals surface area contributed by atoms with Gasteiger partial charge in [-0.25, -0.2) is 4.68 Å². The number of para-hydroxylation sites is 1. The van der Waals surface area contributed by atoms with E-state index in [1.165, 1.54) is 0 Å². The van der Waals surface area contributed by atoms with Gasteiger partial charge in [0, 0.05) is 28.1 Å². The molecule has 0 fully saturated rings. The molecule has 0 unspecified atom stereocenters. The Morgan fingerprint density at radius 1 is 0.946 bits per heavy atom. The number of hydrogen-bond acceptors (Lipinski definition) is 3. The number of hydrogen-bond donors (Lipinski definition) is 1. The Morgan fingerprint density at radius 2 is 1.59 bits per heavy atom. The van der Waals surface area contributed by atoms with Gasteiger partial charge in [0.25, 0.3) is 5.91 Å². The Kier molecular flexibility index (Phi) is 7.93. The van der Waals surface area contributed by atoms with Gasteiger partial charge in [0.05, 0.1) is 11.4 Å². The minimum Gasteiger partial charge on any atom is -0.325 e. The molecule has 0 bridgehead atoms. The van der Waals surface area contributed by atoms with E-state index in [1.54, 1.807) is 21.7 Å². The number of benzene rings is 3. The number of carbonyl (C=O) groups excluding carboxylic acids is 2. The maximum absolute atomic E-state index is 13.4. The predicted molar refractivity (Wildman–Crippen MR) is 151 cm³/mol. The van der Waals surface area contributed by atoms with Gasteiger partial charge in [0.1, 0.15) is 12.4 Å². The van der Waals surface area contributed by atoms with Crippen LogP contribution >= 0.6 is 15.9 Å². The van der Waals surface area contributed by atoms with Crippen molar-refractivity contribution in [3.05, 3.63) is 112 Å². The predicted octanol–water partition coefficient (Wildman–Crippen LogP) is 6.52. The van der Waals surface area contributed by atoms with E-state index in [2.05, 4.69) is 42.0 Å². The summed E-state index contributed by atoms with van der Waals surface area (Å²) in [5.41, 5.74) is 4.05.